The van der Waals surface area contributed by atoms with Crippen molar-refractivity contribution in [3.63, 3.8) is 0 Å². The third-order valence-electron chi connectivity index (χ3n) is 3.91. The van der Waals surface area contributed by atoms with Gasteiger partial charge in [0, 0.05) is 6.54 Å². The highest BCUT2D eigenvalue weighted by molar-refractivity contribution is 5.89. The Balaban J connectivity index is 2.08. The minimum absolute atomic E-state index is 0.0629. The van der Waals surface area contributed by atoms with Crippen molar-refractivity contribution in [3.8, 4) is 5.75 Å². The summed E-state index contributed by atoms with van der Waals surface area (Å²) < 4.78 is 5.25. The number of benzene rings is 2. The van der Waals surface area contributed by atoms with Gasteiger partial charge in [-0.05, 0) is 60.3 Å². The summed E-state index contributed by atoms with van der Waals surface area (Å²) in [7, 11) is 1.66. The van der Waals surface area contributed by atoms with Crippen LogP contribution in [0.3, 0.4) is 0 Å². The molecule has 0 aliphatic carbocycles. The molecule has 2 aromatic rings. The number of ether oxygens (including phenoxy) is 1. The standard InChI is InChI=1S/C18H24N2O2/c1-13-14(12-18(21)20-10-4-3-9-19)5-6-15-11-16(22-2)7-8-17(13)15/h5-8,11H,3-4,9-10,12,19H2,1-2H3,(H,20,21). The Kier molecular flexibility index (Phi) is 5.78. The lowest BCUT2D eigenvalue weighted by Crippen LogP contribution is -2.26. The van der Waals surface area contributed by atoms with Crippen LogP contribution in [0.5, 0.6) is 5.75 Å². The van der Waals surface area contributed by atoms with Crippen LogP contribution in [0, 0.1) is 6.92 Å². The lowest BCUT2D eigenvalue weighted by atomic mass is 9.98. The molecule has 3 N–H and O–H groups in total. The van der Waals surface area contributed by atoms with Crippen molar-refractivity contribution in [2.24, 2.45) is 5.73 Å². The zero-order chi connectivity index (χ0) is 15.9. The Bertz CT molecular complexity index is 653. The maximum atomic E-state index is 12.0. The van der Waals surface area contributed by atoms with Crippen LogP contribution in [-0.4, -0.2) is 26.1 Å². The highest BCUT2D eigenvalue weighted by Crippen LogP contribution is 2.26. The zero-order valence-electron chi connectivity index (χ0n) is 13.3. The predicted octanol–water partition coefficient (Wildman–Crippen LogP) is 2.55. The Labute approximate surface area is 131 Å². The van der Waals surface area contributed by atoms with Crippen LogP contribution < -0.4 is 15.8 Å². The molecule has 0 heterocycles. The number of rotatable bonds is 7. The van der Waals surface area contributed by atoms with Crippen LogP contribution in [-0.2, 0) is 11.2 Å². The van der Waals surface area contributed by atoms with E-state index in [-0.39, 0.29) is 5.91 Å². The first-order valence-corrected chi connectivity index (χ1v) is 7.68. The van der Waals surface area contributed by atoms with Crippen molar-refractivity contribution >= 4 is 16.7 Å². The lowest BCUT2D eigenvalue weighted by Gasteiger charge is -2.11. The Morgan fingerprint density at radius 2 is 2.05 bits per heavy atom. The Morgan fingerprint density at radius 3 is 2.77 bits per heavy atom. The van der Waals surface area contributed by atoms with E-state index in [1.54, 1.807) is 7.11 Å². The van der Waals surface area contributed by atoms with Gasteiger partial charge in [-0.25, -0.2) is 0 Å². The average Bonchev–Trinajstić information content (AvgIpc) is 2.54. The zero-order valence-corrected chi connectivity index (χ0v) is 13.3. The van der Waals surface area contributed by atoms with Crippen molar-refractivity contribution in [1.82, 2.24) is 5.32 Å². The van der Waals surface area contributed by atoms with Crippen molar-refractivity contribution in [3.05, 3.63) is 41.5 Å². The number of aryl methyl sites for hydroxylation is 1. The lowest BCUT2D eigenvalue weighted by molar-refractivity contribution is -0.120. The molecule has 0 bridgehead atoms. The van der Waals surface area contributed by atoms with Crippen LogP contribution in [0.2, 0.25) is 0 Å². The summed E-state index contributed by atoms with van der Waals surface area (Å²) in [4.78, 5) is 12.0. The maximum Gasteiger partial charge on any atom is 0.224 e. The summed E-state index contributed by atoms with van der Waals surface area (Å²) in [5, 5.41) is 5.23. The van der Waals surface area contributed by atoms with Gasteiger partial charge in [0.15, 0.2) is 0 Å². The van der Waals surface area contributed by atoms with E-state index in [1.807, 2.05) is 30.3 Å². The van der Waals surface area contributed by atoms with Crippen LogP contribution >= 0.6 is 0 Å². The molecule has 0 fully saturated rings. The number of carbonyl (C=O) groups excluding carboxylic acids is 1. The molecule has 0 aliphatic heterocycles. The van der Waals surface area contributed by atoms with Crippen LogP contribution in [0.4, 0.5) is 0 Å². The SMILES string of the molecule is COc1ccc2c(C)c(CC(=O)NCCCCN)ccc2c1. The predicted molar refractivity (Wildman–Crippen MR) is 90.2 cm³/mol. The van der Waals surface area contributed by atoms with Gasteiger partial charge >= 0.3 is 0 Å². The molecule has 0 atom stereocenters. The highest BCUT2D eigenvalue weighted by Gasteiger charge is 2.08. The minimum atomic E-state index is 0.0629. The summed E-state index contributed by atoms with van der Waals surface area (Å²) in [6.07, 6.45) is 2.28. The van der Waals surface area contributed by atoms with Gasteiger partial charge in [-0.15, -0.1) is 0 Å². The van der Waals surface area contributed by atoms with Crippen molar-refractivity contribution in [1.29, 1.82) is 0 Å². The molecule has 0 unspecified atom stereocenters. The largest absolute Gasteiger partial charge is 0.497 e. The molecule has 0 saturated carbocycles. The summed E-state index contributed by atoms with van der Waals surface area (Å²) in [6, 6.07) is 10.1. The number of hydrogen-bond acceptors (Lipinski definition) is 3. The van der Waals surface area contributed by atoms with E-state index in [1.165, 1.54) is 0 Å². The number of unbranched alkanes of at least 4 members (excludes halogenated alkanes) is 1. The second-order valence-electron chi connectivity index (χ2n) is 5.46. The molecule has 4 nitrogen and oxygen atoms in total. The summed E-state index contributed by atoms with van der Waals surface area (Å²) >= 11 is 0. The van der Waals surface area contributed by atoms with E-state index in [9.17, 15) is 4.79 Å². The number of fused-ring (bicyclic) bond motifs is 1. The fourth-order valence-corrected chi connectivity index (χ4v) is 2.56. The number of hydrogen-bond donors (Lipinski definition) is 2. The van der Waals surface area contributed by atoms with Crippen molar-refractivity contribution in [2.75, 3.05) is 20.2 Å². The summed E-state index contributed by atoms with van der Waals surface area (Å²) in [5.41, 5.74) is 7.65. The quantitative estimate of drug-likeness (QED) is 0.772. The van der Waals surface area contributed by atoms with Gasteiger partial charge in [0.1, 0.15) is 5.75 Å². The van der Waals surface area contributed by atoms with Crippen molar-refractivity contribution < 1.29 is 9.53 Å². The number of amides is 1. The molecule has 2 aromatic carbocycles. The molecule has 22 heavy (non-hydrogen) atoms. The smallest absolute Gasteiger partial charge is 0.224 e. The van der Waals surface area contributed by atoms with E-state index < -0.39 is 0 Å². The van der Waals surface area contributed by atoms with Crippen LogP contribution in [0.25, 0.3) is 10.8 Å². The Morgan fingerprint density at radius 1 is 1.23 bits per heavy atom. The van der Waals surface area contributed by atoms with E-state index in [0.29, 0.717) is 19.5 Å². The molecular formula is C18H24N2O2. The van der Waals surface area contributed by atoms with Crippen LogP contribution in [0.15, 0.2) is 30.3 Å². The molecular weight excluding hydrogens is 276 g/mol. The molecule has 0 spiro atoms. The highest BCUT2D eigenvalue weighted by atomic mass is 16.5. The van der Waals surface area contributed by atoms with E-state index in [4.69, 9.17) is 10.5 Å². The summed E-state index contributed by atoms with van der Waals surface area (Å²) in [6.45, 7) is 3.43. The molecule has 0 aliphatic rings. The first-order valence-electron chi connectivity index (χ1n) is 7.68. The van der Waals surface area contributed by atoms with Gasteiger partial charge in [-0.3, -0.25) is 4.79 Å². The van der Waals surface area contributed by atoms with Gasteiger partial charge in [0.2, 0.25) is 5.91 Å². The number of nitrogens with one attached hydrogen (secondary N) is 1. The second-order valence-corrected chi connectivity index (χ2v) is 5.46. The van der Waals surface area contributed by atoms with Crippen molar-refractivity contribution in [2.45, 2.75) is 26.2 Å². The fourth-order valence-electron chi connectivity index (χ4n) is 2.56. The second kappa shape index (κ2) is 7.80. The third kappa shape index (κ3) is 3.98. The van der Waals surface area contributed by atoms with E-state index in [2.05, 4.69) is 12.2 Å². The van der Waals surface area contributed by atoms with Gasteiger partial charge in [-0.2, -0.15) is 0 Å². The molecule has 0 saturated heterocycles. The molecule has 0 radical (unpaired) electrons. The number of carbonyl (C=O) groups is 1. The molecule has 2 rings (SSSR count). The number of nitrogens with two attached hydrogens (primary N) is 1. The van der Waals surface area contributed by atoms with E-state index in [0.717, 1.165) is 40.5 Å². The summed E-state index contributed by atoms with van der Waals surface area (Å²) in [5.74, 6) is 0.908. The van der Waals surface area contributed by atoms with Gasteiger partial charge < -0.3 is 15.8 Å². The molecule has 4 heteroatoms. The van der Waals surface area contributed by atoms with Gasteiger partial charge in [-0.1, -0.05) is 18.2 Å². The monoisotopic (exact) mass is 300 g/mol. The van der Waals surface area contributed by atoms with Gasteiger partial charge in [0.05, 0.1) is 13.5 Å². The van der Waals surface area contributed by atoms with E-state index >= 15 is 0 Å². The normalized spacial score (nSPS) is 10.7. The van der Waals surface area contributed by atoms with Gasteiger partial charge in [0.25, 0.3) is 0 Å². The van der Waals surface area contributed by atoms with Crippen LogP contribution in [0.1, 0.15) is 24.0 Å². The average molecular weight is 300 g/mol. The topological polar surface area (TPSA) is 64.3 Å². The molecule has 1 amide bonds. The molecule has 0 aromatic heterocycles. The third-order valence-corrected chi connectivity index (χ3v) is 3.91. The maximum absolute atomic E-state index is 12.0. The first-order chi connectivity index (χ1) is 10.7. The number of methoxy groups -OCH3 is 1. The fraction of sp³-hybridized carbons (Fsp3) is 0.389. The molecule has 118 valence electrons. The Hall–Kier alpha value is -2.07. The first kappa shape index (κ1) is 16.3. The minimum Gasteiger partial charge on any atom is -0.497 e.